The van der Waals surface area contributed by atoms with E-state index in [1.54, 1.807) is 25.2 Å². The molecule has 0 aliphatic rings. The van der Waals surface area contributed by atoms with Gasteiger partial charge in [0.15, 0.2) is 0 Å². The first kappa shape index (κ1) is 13.0. The molecular formula is C14H16BN3O. The fourth-order valence-electron chi connectivity index (χ4n) is 1.75. The minimum Gasteiger partial charge on any atom is -0.397 e. The van der Waals surface area contributed by atoms with Gasteiger partial charge in [-0.1, -0.05) is 17.6 Å². The standard InChI is InChI=1S/C14H16BN3O/c1-17-13-8-9(2-7-12(13)16)14(19)18-11-5-3-10(15)4-6-11/h2-8,17H,15-16H2,1H3,(H,18,19). The van der Waals surface area contributed by atoms with Gasteiger partial charge in [-0.05, 0) is 30.3 Å². The van der Waals surface area contributed by atoms with Crippen molar-refractivity contribution in [2.24, 2.45) is 0 Å². The summed E-state index contributed by atoms with van der Waals surface area (Å²) in [6, 6.07) is 12.8. The molecule has 0 atom stereocenters. The minimum atomic E-state index is -0.152. The number of carbonyl (C=O) groups is 1. The Kier molecular flexibility index (Phi) is 3.75. The van der Waals surface area contributed by atoms with Crippen LogP contribution in [0.4, 0.5) is 17.1 Å². The van der Waals surface area contributed by atoms with Crippen molar-refractivity contribution in [2.45, 2.75) is 0 Å². The van der Waals surface area contributed by atoms with Crippen molar-refractivity contribution in [3.63, 3.8) is 0 Å². The molecule has 0 aliphatic heterocycles. The van der Waals surface area contributed by atoms with Gasteiger partial charge in [0.2, 0.25) is 0 Å². The van der Waals surface area contributed by atoms with Crippen LogP contribution in [-0.4, -0.2) is 20.8 Å². The van der Waals surface area contributed by atoms with Crippen LogP contribution in [0, 0.1) is 0 Å². The van der Waals surface area contributed by atoms with E-state index in [4.69, 9.17) is 5.73 Å². The number of hydrogen-bond acceptors (Lipinski definition) is 3. The van der Waals surface area contributed by atoms with Gasteiger partial charge in [0, 0.05) is 18.3 Å². The smallest absolute Gasteiger partial charge is 0.255 e. The first-order chi connectivity index (χ1) is 9.10. The van der Waals surface area contributed by atoms with Crippen molar-refractivity contribution >= 4 is 36.3 Å². The Labute approximate surface area is 113 Å². The van der Waals surface area contributed by atoms with Crippen LogP contribution < -0.4 is 21.8 Å². The summed E-state index contributed by atoms with van der Waals surface area (Å²) < 4.78 is 0. The molecule has 0 heterocycles. The number of carbonyl (C=O) groups excluding carboxylic acids is 1. The van der Waals surface area contributed by atoms with Crippen molar-refractivity contribution < 1.29 is 4.79 Å². The number of amides is 1. The summed E-state index contributed by atoms with van der Waals surface area (Å²) >= 11 is 0. The molecule has 0 saturated heterocycles. The van der Waals surface area contributed by atoms with E-state index in [-0.39, 0.29) is 5.91 Å². The van der Waals surface area contributed by atoms with Crippen LogP contribution >= 0.6 is 0 Å². The lowest BCUT2D eigenvalue weighted by Gasteiger charge is -2.09. The molecule has 96 valence electrons. The topological polar surface area (TPSA) is 67.2 Å². The lowest BCUT2D eigenvalue weighted by Crippen LogP contribution is -2.13. The number of anilines is 3. The van der Waals surface area contributed by atoms with E-state index < -0.39 is 0 Å². The molecule has 0 spiro atoms. The van der Waals surface area contributed by atoms with Gasteiger partial charge in [-0.3, -0.25) is 4.79 Å². The van der Waals surface area contributed by atoms with Crippen molar-refractivity contribution in [1.82, 2.24) is 0 Å². The molecule has 0 aromatic heterocycles. The van der Waals surface area contributed by atoms with Gasteiger partial charge in [0.05, 0.1) is 11.4 Å². The molecule has 4 nitrogen and oxygen atoms in total. The first-order valence-corrected chi connectivity index (χ1v) is 6.05. The molecular weight excluding hydrogens is 237 g/mol. The second-order valence-corrected chi connectivity index (χ2v) is 4.37. The summed E-state index contributed by atoms with van der Waals surface area (Å²) in [6.07, 6.45) is 0. The van der Waals surface area contributed by atoms with Crippen molar-refractivity contribution in [3.05, 3.63) is 48.0 Å². The lowest BCUT2D eigenvalue weighted by atomic mass is 9.96. The van der Waals surface area contributed by atoms with Gasteiger partial charge in [0.25, 0.3) is 5.91 Å². The van der Waals surface area contributed by atoms with E-state index in [9.17, 15) is 4.79 Å². The normalized spacial score (nSPS) is 9.95. The van der Waals surface area contributed by atoms with Crippen LogP contribution in [0.1, 0.15) is 10.4 Å². The third-order valence-electron chi connectivity index (χ3n) is 2.89. The second kappa shape index (κ2) is 5.48. The summed E-state index contributed by atoms with van der Waals surface area (Å²) in [6.45, 7) is 0. The molecule has 4 N–H and O–H groups in total. The Morgan fingerprint density at radius 2 is 1.84 bits per heavy atom. The maximum Gasteiger partial charge on any atom is 0.255 e. The van der Waals surface area contributed by atoms with Crippen LogP contribution in [0.25, 0.3) is 0 Å². The van der Waals surface area contributed by atoms with Crippen molar-refractivity contribution in [3.8, 4) is 0 Å². The SMILES string of the molecule is Bc1ccc(NC(=O)c2ccc(N)c(NC)c2)cc1. The molecule has 19 heavy (non-hydrogen) atoms. The highest BCUT2D eigenvalue weighted by atomic mass is 16.1. The fourth-order valence-corrected chi connectivity index (χ4v) is 1.75. The summed E-state index contributed by atoms with van der Waals surface area (Å²) in [5.74, 6) is -0.152. The van der Waals surface area contributed by atoms with Crippen LogP contribution in [0.2, 0.25) is 0 Å². The highest BCUT2D eigenvalue weighted by Gasteiger charge is 2.08. The molecule has 2 aromatic rings. The Hall–Kier alpha value is -2.43. The van der Waals surface area contributed by atoms with Crippen LogP contribution in [0.5, 0.6) is 0 Å². The minimum absolute atomic E-state index is 0.152. The van der Waals surface area contributed by atoms with E-state index in [2.05, 4.69) is 10.6 Å². The van der Waals surface area contributed by atoms with Gasteiger partial charge in [-0.15, -0.1) is 0 Å². The molecule has 0 aliphatic carbocycles. The quantitative estimate of drug-likeness (QED) is 0.560. The third-order valence-corrected chi connectivity index (χ3v) is 2.89. The molecule has 5 heteroatoms. The number of benzene rings is 2. The van der Waals surface area contributed by atoms with Gasteiger partial charge in [-0.25, -0.2) is 0 Å². The largest absolute Gasteiger partial charge is 0.397 e. The number of nitrogens with two attached hydrogens (primary N) is 1. The van der Waals surface area contributed by atoms with E-state index >= 15 is 0 Å². The number of rotatable bonds is 3. The molecule has 2 aromatic carbocycles. The molecule has 0 radical (unpaired) electrons. The Morgan fingerprint density at radius 1 is 1.16 bits per heavy atom. The fraction of sp³-hybridized carbons (Fsp3) is 0.0714. The summed E-state index contributed by atoms with van der Waals surface area (Å²) in [5.41, 5.74) is 9.64. The average molecular weight is 253 g/mol. The zero-order valence-electron chi connectivity index (χ0n) is 11.0. The molecule has 1 amide bonds. The van der Waals surface area contributed by atoms with Crippen LogP contribution in [0.3, 0.4) is 0 Å². The van der Waals surface area contributed by atoms with Crippen LogP contribution in [0.15, 0.2) is 42.5 Å². The zero-order chi connectivity index (χ0) is 13.8. The Morgan fingerprint density at radius 3 is 2.47 bits per heavy atom. The average Bonchev–Trinajstić information content (AvgIpc) is 2.42. The van der Waals surface area contributed by atoms with Crippen molar-refractivity contribution in [2.75, 3.05) is 23.4 Å². The zero-order valence-corrected chi connectivity index (χ0v) is 11.0. The van der Waals surface area contributed by atoms with Gasteiger partial charge in [-0.2, -0.15) is 0 Å². The molecule has 0 saturated carbocycles. The summed E-state index contributed by atoms with van der Waals surface area (Å²) in [7, 11) is 3.78. The van der Waals surface area contributed by atoms with Gasteiger partial charge in [0.1, 0.15) is 7.85 Å². The Bertz CT molecular complexity index is 596. The number of hydrogen-bond donors (Lipinski definition) is 3. The highest BCUT2D eigenvalue weighted by molar-refractivity contribution is 6.32. The summed E-state index contributed by atoms with van der Waals surface area (Å²) in [5, 5.41) is 5.81. The molecule has 0 fully saturated rings. The lowest BCUT2D eigenvalue weighted by molar-refractivity contribution is 0.102. The van der Waals surface area contributed by atoms with Crippen LogP contribution in [-0.2, 0) is 0 Å². The first-order valence-electron chi connectivity index (χ1n) is 6.05. The second-order valence-electron chi connectivity index (χ2n) is 4.37. The third kappa shape index (κ3) is 3.07. The number of nitrogen functional groups attached to an aromatic ring is 1. The molecule has 0 unspecified atom stereocenters. The summed E-state index contributed by atoms with van der Waals surface area (Å²) in [4.78, 5) is 12.1. The van der Waals surface area contributed by atoms with E-state index in [1.165, 1.54) is 0 Å². The van der Waals surface area contributed by atoms with Gasteiger partial charge < -0.3 is 16.4 Å². The van der Waals surface area contributed by atoms with Gasteiger partial charge >= 0.3 is 0 Å². The maximum atomic E-state index is 12.1. The maximum absolute atomic E-state index is 12.1. The van der Waals surface area contributed by atoms with E-state index in [0.717, 1.165) is 16.8 Å². The monoisotopic (exact) mass is 253 g/mol. The predicted molar refractivity (Wildman–Crippen MR) is 83.0 cm³/mol. The molecule has 2 rings (SSSR count). The molecule has 0 bridgehead atoms. The predicted octanol–water partition coefficient (Wildman–Crippen LogP) is 0.821. The van der Waals surface area contributed by atoms with E-state index in [1.807, 2.05) is 32.1 Å². The van der Waals surface area contributed by atoms with Crippen molar-refractivity contribution in [1.29, 1.82) is 0 Å². The Balaban J connectivity index is 2.18. The number of nitrogens with one attached hydrogen (secondary N) is 2. The highest BCUT2D eigenvalue weighted by Crippen LogP contribution is 2.20. The van der Waals surface area contributed by atoms with E-state index in [0.29, 0.717) is 11.3 Å².